The van der Waals surface area contributed by atoms with Crippen LogP contribution in [0.2, 0.25) is 0 Å². The van der Waals surface area contributed by atoms with Crippen LogP contribution in [-0.4, -0.2) is 42.3 Å². The topological polar surface area (TPSA) is 15.3 Å². The third-order valence-electron chi connectivity index (χ3n) is 4.93. The van der Waals surface area contributed by atoms with Crippen molar-refractivity contribution in [1.82, 2.24) is 10.2 Å². The zero-order valence-electron chi connectivity index (χ0n) is 11.6. The highest BCUT2D eigenvalue weighted by atomic mass is 19.1. The first-order valence-electron chi connectivity index (χ1n) is 7.10. The second-order valence-electron chi connectivity index (χ2n) is 6.36. The molecule has 1 heterocycles. The van der Waals surface area contributed by atoms with Crippen LogP contribution >= 0.6 is 0 Å². The highest BCUT2D eigenvalue weighted by Crippen LogP contribution is 2.45. The van der Waals surface area contributed by atoms with Gasteiger partial charge >= 0.3 is 0 Å². The van der Waals surface area contributed by atoms with Gasteiger partial charge in [0.25, 0.3) is 0 Å². The van der Waals surface area contributed by atoms with E-state index < -0.39 is 0 Å². The number of nitrogens with zero attached hydrogens (tertiary/aromatic N) is 1. The molecule has 0 spiro atoms. The lowest BCUT2D eigenvalue weighted by molar-refractivity contribution is 0.00341. The minimum atomic E-state index is -0.187. The molecule has 17 heavy (non-hydrogen) atoms. The monoisotopic (exact) mass is 242 g/mol. The third kappa shape index (κ3) is 2.65. The fourth-order valence-corrected chi connectivity index (χ4v) is 3.09. The van der Waals surface area contributed by atoms with Gasteiger partial charge in [0.05, 0.1) is 6.67 Å². The Morgan fingerprint density at radius 1 is 1.35 bits per heavy atom. The number of alkyl halides is 1. The first-order valence-corrected chi connectivity index (χ1v) is 7.10. The van der Waals surface area contributed by atoms with E-state index in [1.165, 1.54) is 12.8 Å². The van der Waals surface area contributed by atoms with Gasteiger partial charge in [0.1, 0.15) is 0 Å². The van der Waals surface area contributed by atoms with Crippen LogP contribution in [0.1, 0.15) is 46.5 Å². The van der Waals surface area contributed by atoms with Crippen molar-refractivity contribution in [3.8, 4) is 0 Å². The van der Waals surface area contributed by atoms with Gasteiger partial charge in [-0.1, -0.05) is 6.92 Å². The fourth-order valence-electron chi connectivity index (χ4n) is 3.09. The van der Waals surface area contributed by atoms with Crippen molar-refractivity contribution in [2.45, 2.75) is 57.5 Å². The number of hydrogen-bond acceptors (Lipinski definition) is 2. The van der Waals surface area contributed by atoms with Crippen molar-refractivity contribution in [1.29, 1.82) is 0 Å². The van der Waals surface area contributed by atoms with Crippen molar-refractivity contribution < 1.29 is 4.39 Å². The predicted octanol–water partition coefficient (Wildman–Crippen LogP) is 2.59. The average molecular weight is 242 g/mol. The van der Waals surface area contributed by atoms with Crippen LogP contribution in [0.4, 0.5) is 4.39 Å². The van der Waals surface area contributed by atoms with E-state index in [1.54, 1.807) is 0 Å². The zero-order valence-corrected chi connectivity index (χ0v) is 11.6. The van der Waals surface area contributed by atoms with Crippen LogP contribution in [0.3, 0.4) is 0 Å². The Bertz CT molecular complexity index is 267. The second kappa shape index (κ2) is 4.85. The van der Waals surface area contributed by atoms with E-state index in [-0.39, 0.29) is 17.8 Å². The Labute approximate surface area is 105 Å². The van der Waals surface area contributed by atoms with Gasteiger partial charge in [-0.05, 0) is 45.4 Å². The Morgan fingerprint density at radius 2 is 2.06 bits per heavy atom. The molecule has 0 aromatic carbocycles. The van der Waals surface area contributed by atoms with E-state index in [2.05, 4.69) is 31.0 Å². The van der Waals surface area contributed by atoms with Crippen molar-refractivity contribution >= 4 is 0 Å². The maximum atomic E-state index is 12.4. The van der Waals surface area contributed by atoms with E-state index >= 15 is 0 Å². The smallest absolute Gasteiger partial charge is 0.0906 e. The zero-order chi connectivity index (χ0) is 12.5. The lowest BCUT2D eigenvalue weighted by atomic mass is 9.84. The van der Waals surface area contributed by atoms with Gasteiger partial charge in [-0.2, -0.15) is 0 Å². The number of halogens is 1. The summed E-state index contributed by atoms with van der Waals surface area (Å²) in [7, 11) is 0. The molecule has 1 aliphatic heterocycles. The summed E-state index contributed by atoms with van der Waals surface area (Å²) in [6.45, 7) is 9.76. The van der Waals surface area contributed by atoms with Crippen LogP contribution < -0.4 is 5.32 Å². The maximum Gasteiger partial charge on any atom is 0.0906 e. The van der Waals surface area contributed by atoms with Crippen molar-refractivity contribution in [2.24, 2.45) is 5.92 Å². The summed E-state index contributed by atoms with van der Waals surface area (Å²) in [6, 6.07) is 0. The lowest BCUT2D eigenvalue weighted by Gasteiger charge is -2.52. The molecule has 0 amide bonds. The minimum Gasteiger partial charge on any atom is -0.308 e. The van der Waals surface area contributed by atoms with E-state index in [0.29, 0.717) is 6.42 Å². The van der Waals surface area contributed by atoms with Gasteiger partial charge < -0.3 is 5.32 Å². The summed E-state index contributed by atoms with van der Waals surface area (Å²) in [4.78, 5) is 2.56. The standard InChI is InChI=1S/C14H27FN2/c1-4-13(2)11-17(9-5-8-15)14(3,10-16-13)12-6-7-12/h12,16H,4-11H2,1-3H3. The molecule has 2 unspecified atom stereocenters. The molecule has 1 saturated carbocycles. The average Bonchev–Trinajstić information content (AvgIpc) is 3.15. The van der Waals surface area contributed by atoms with Gasteiger partial charge in [0.15, 0.2) is 0 Å². The molecule has 2 atom stereocenters. The molecule has 1 aliphatic carbocycles. The molecular formula is C14H27FN2. The lowest BCUT2D eigenvalue weighted by Crippen LogP contribution is -2.68. The summed E-state index contributed by atoms with van der Waals surface area (Å²) in [5, 5.41) is 3.73. The van der Waals surface area contributed by atoms with Crippen LogP contribution in [0, 0.1) is 5.92 Å². The predicted molar refractivity (Wildman–Crippen MR) is 70.0 cm³/mol. The van der Waals surface area contributed by atoms with Crippen molar-refractivity contribution in [2.75, 3.05) is 26.3 Å². The summed E-state index contributed by atoms with van der Waals surface area (Å²) < 4.78 is 12.4. The number of nitrogens with one attached hydrogen (secondary N) is 1. The molecule has 2 aliphatic rings. The molecule has 3 heteroatoms. The number of hydrogen-bond donors (Lipinski definition) is 1. The van der Waals surface area contributed by atoms with E-state index in [1.807, 2.05) is 0 Å². The molecule has 0 radical (unpaired) electrons. The van der Waals surface area contributed by atoms with Crippen LogP contribution in [0.5, 0.6) is 0 Å². The summed E-state index contributed by atoms with van der Waals surface area (Å²) >= 11 is 0. The van der Waals surface area contributed by atoms with Crippen molar-refractivity contribution in [3.05, 3.63) is 0 Å². The van der Waals surface area contributed by atoms with E-state index in [9.17, 15) is 4.39 Å². The van der Waals surface area contributed by atoms with Crippen molar-refractivity contribution in [3.63, 3.8) is 0 Å². The maximum absolute atomic E-state index is 12.4. The van der Waals surface area contributed by atoms with Gasteiger partial charge in [0.2, 0.25) is 0 Å². The van der Waals surface area contributed by atoms with Crippen LogP contribution in [0.15, 0.2) is 0 Å². The Balaban J connectivity index is 2.06. The van der Waals surface area contributed by atoms with Gasteiger partial charge in [0, 0.05) is 30.7 Å². The minimum absolute atomic E-state index is 0.187. The Morgan fingerprint density at radius 3 is 2.59 bits per heavy atom. The second-order valence-corrected chi connectivity index (χ2v) is 6.36. The van der Waals surface area contributed by atoms with E-state index in [4.69, 9.17) is 0 Å². The van der Waals surface area contributed by atoms with Gasteiger partial charge in [-0.25, -0.2) is 0 Å². The largest absolute Gasteiger partial charge is 0.308 e. The number of piperazine rings is 1. The molecule has 100 valence electrons. The van der Waals surface area contributed by atoms with Gasteiger partial charge in [-0.15, -0.1) is 0 Å². The molecule has 2 rings (SSSR count). The van der Waals surface area contributed by atoms with E-state index in [0.717, 1.165) is 32.0 Å². The third-order valence-corrected chi connectivity index (χ3v) is 4.93. The molecule has 1 N–H and O–H groups in total. The molecule has 2 nitrogen and oxygen atoms in total. The highest BCUT2D eigenvalue weighted by Gasteiger charge is 2.49. The first kappa shape index (κ1) is 13.3. The molecule has 0 bridgehead atoms. The molecule has 1 saturated heterocycles. The molecule has 0 aromatic rings. The number of rotatable bonds is 5. The highest BCUT2D eigenvalue weighted by molar-refractivity contribution is 5.07. The SMILES string of the molecule is CCC1(C)CN(CCCF)C(C)(C2CC2)CN1. The molecule has 2 fully saturated rings. The Hall–Kier alpha value is -0.150. The Kier molecular flexibility index (Phi) is 3.79. The quantitative estimate of drug-likeness (QED) is 0.797. The molecule has 0 aromatic heterocycles. The fraction of sp³-hybridized carbons (Fsp3) is 1.00. The first-order chi connectivity index (χ1) is 8.04. The molecular weight excluding hydrogens is 215 g/mol. The summed E-state index contributed by atoms with van der Waals surface area (Å²) in [5.74, 6) is 0.830. The van der Waals surface area contributed by atoms with Crippen LogP contribution in [0.25, 0.3) is 0 Å². The summed E-state index contributed by atoms with van der Waals surface area (Å²) in [6.07, 6.45) is 4.53. The van der Waals surface area contributed by atoms with Crippen LogP contribution in [-0.2, 0) is 0 Å². The normalized spacial score (nSPS) is 39.5. The van der Waals surface area contributed by atoms with Gasteiger partial charge in [-0.3, -0.25) is 9.29 Å². The summed E-state index contributed by atoms with van der Waals surface area (Å²) in [5.41, 5.74) is 0.481.